The number of aromatic nitrogens is 1. The Hall–Kier alpha value is -2.22. The third-order valence-corrected chi connectivity index (χ3v) is 5.53. The molecule has 0 spiro atoms. The van der Waals surface area contributed by atoms with Crippen LogP contribution in [0.15, 0.2) is 36.5 Å². The Morgan fingerprint density at radius 1 is 1.16 bits per heavy atom. The number of aryl methyl sites for hydroxylation is 1. The van der Waals surface area contributed by atoms with E-state index < -0.39 is 6.03 Å². The van der Waals surface area contributed by atoms with Gasteiger partial charge < -0.3 is 24.4 Å². The maximum atomic E-state index is 13.1. The van der Waals surface area contributed by atoms with Gasteiger partial charge in [-0.1, -0.05) is 43.1 Å². The second kappa shape index (κ2) is 12.0. The summed E-state index contributed by atoms with van der Waals surface area (Å²) in [5, 5.41) is 3.38. The molecule has 9 heteroatoms. The van der Waals surface area contributed by atoms with Crippen molar-refractivity contribution >= 4 is 40.8 Å². The minimum Gasteiger partial charge on any atom is -0.383 e. The number of urea groups is 1. The van der Waals surface area contributed by atoms with Crippen LogP contribution < -0.4 is 5.32 Å². The fourth-order valence-electron chi connectivity index (χ4n) is 3.07. The number of hydrogen-bond donors (Lipinski definition) is 1. The number of benzene rings is 1. The van der Waals surface area contributed by atoms with Crippen molar-refractivity contribution in [3.05, 3.63) is 52.3 Å². The fourth-order valence-corrected chi connectivity index (χ4v) is 3.42. The summed E-state index contributed by atoms with van der Waals surface area (Å²) in [5.74, 6) is 0.0138. The molecule has 1 heterocycles. The summed E-state index contributed by atoms with van der Waals surface area (Å²) in [6.45, 7) is 5.60. The number of nitrogens with one attached hydrogen (secondary N) is 1. The lowest BCUT2D eigenvalue weighted by Crippen LogP contribution is -2.46. The third kappa shape index (κ3) is 7.45. The van der Waals surface area contributed by atoms with Crippen LogP contribution >= 0.6 is 23.2 Å². The smallest absolute Gasteiger partial charge is 0.322 e. The molecular formula is C22H30Cl2N4O3. The number of hydrogen-bond acceptors (Lipinski definition) is 3. The van der Waals surface area contributed by atoms with Crippen molar-refractivity contribution in [3.8, 4) is 0 Å². The molecule has 0 aliphatic rings. The lowest BCUT2D eigenvalue weighted by molar-refractivity contribution is -0.133. The first-order valence-electron chi connectivity index (χ1n) is 10.1. The van der Waals surface area contributed by atoms with Crippen LogP contribution in [0.1, 0.15) is 19.5 Å². The molecule has 7 nitrogen and oxygen atoms in total. The van der Waals surface area contributed by atoms with E-state index in [1.54, 1.807) is 30.2 Å². The highest BCUT2D eigenvalue weighted by atomic mass is 35.5. The van der Waals surface area contributed by atoms with Crippen molar-refractivity contribution in [1.29, 1.82) is 0 Å². The molecule has 0 aliphatic carbocycles. The number of carbonyl (C=O) groups excluding carboxylic acids is 2. The zero-order valence-electron chi connectivity index (χ0n) is 18.4. The van der Waals surface area contributed by atoms with Crippen molar-refractivity contribution in [1.82, 2.24) is 14.4 Å². The summed E-state index contributed by atoms with van der Waals surface area (Å²) in [6.07, 6.45) is 1.93. The summed E-state index contributed by atoms with van der Waals surface area (Å²) in [7, 11) is 3.53. The number of carbonyl (C=O) groups is 2. The lowest BCUT2D eigenvalue weighted by Gasteiger charge is -2.29. The molecule has 31 heavy (non-hydrogen) atoms. The van der Waals surface area contributed by atoms with E-state index in [0.29, 0.717) is 37.0 Å². The van der Waals surface area contributed by atoms with Gasteiger partial charge in [0.1, 0.15) is 6.54 Å². The number of nitrogens with zero attached hydrogens (tertiary/aromatic N) is 3. The molecule has 0 atom stereocenters. The Morgan fingerprint density at radius 3 is 2.52 bits per heavy atom. The topological polar surface area (TPSA) is 66.8 Å². The molecule has 1 aromatic carbocycles. The van der Waals surface area contributed by atoms with Crippen LogP contribution in [0, 0.1) is 5.92 Å². The van der Waals surface area contributed by atoms with Crippen LogP contribution in [0.4, 0.5) is 10.5 Å². The highest BCUT2D eigenvalue weighted by Crippen LogP contribution is 2.29. The molecule has 3 amide bonds. The van der Waals surface area contributed by atoms with Gasteiger partial charge in [-0.25, -0.2) is 4.79 Å². The second-order valence-electron chi connectivity index (χ2n) is 7.72. The van der Waals surface area contributed by atoms with Crippen molar-refractivity contribution in [2.24, 2.45) is 13.0 Å². The predicted molar refractivity (Wildman–Crippen MR) is 125 cm³/mol. The SMILES string of the molecule is COCCN(Cc1cccn1C)C(=O)CN(CC(C)C)C(=O)Nc1cccc(Cl)c1Cl. The first-order chi connectivity index (χ1) is 14.7. The standard InChI is InChI=1S/C22H30Cl2N4O3/c1-16(2)13-28(22(30)25-19-9-5-8-18(23)21(19)24)15-20(29)27(11-12-31-4)14-17-7-6-10-26(17)3/h5-10,16H,11-15H2,1-4H3,(H,25,30). The van der Waals surface area contributed by atoms with Crippen molar-refractivity contribution in [2.45, 2.75) is 20.4 Å². The number of anilines is 1. The molecule has 1 N–H and O–H groups in total. The summed E-state index contributed by atoms with van der Waals surface area (Å²) in [5.41, 5.74) is 1.40. The first-order valence-corrected chi connectivity index (χ1v) is 10.8. The van der Waals surface area contributed by atoms with E-state index in [0.717, 1.165) is 5.69 Å². The van der Waals surface area contributed by atoms with E-state index in [9.17, 15) is 9.59 Å². The molecular weight excluding hydrogens is 439 g/mol. The van der Waals surface area contributed by atoms with Crippen LogP contribution in [0.2, 0.25) is 10.0 Å². The molecule has 2 rings (SSSR count). The minimum absolute atomic E-state index is 0.0592. The minimum atomic E-state index is -0.406. The predicted octanol–water partition coefficient (Wildman–Crippen LogP) is 4.50. The van der Waals surface area contributed by atoms with Gasteiger partial charge in [0, 0.05) is 39.1 Å². The Labute approximate surface area is 193 Å². The van der Waals surface area contributed by atoms with Gasteiger partial charge in [-0.3, -0.25) is 4.79 Å². The van der Waals surface area contributed by atoms with Gasteiger partial charge in [0.25, 0.3) is 0 Å². The number of ether oxygens (including phenoxy) is 1. The monoisotopic (exact) mass is 468 g/mol. The summed E-state index contributed by atoms with van der Waals surface area (Å²) in [4.78, 5) is 29.3. The zero-order valence-corrected chi connectivity index (χ0v) is 19.9. The quantitative estimate of drug-likeness (QED) is 0.558. The lowest BCUT2D eigenvalue weighted by atomic mass is 10.2. The molecule has 0 bridgehead atoms. The Balaban J connectivity index is 2.15. The van der Waals surface area contributed by atoms with Crippen LogP contribution in [0.3, 0.4) is 0 Å². The average molecular weight is 469 g/mol. The Kier molecular flexibility index (Phi) is 9.68. The number of amides is 3. The van der Waals surface area contributed by atoms with Gasteiger partial charge in [-0.2, -0.15) is 0 Å². The van der Waals surface area contributed by atoms with Crippen molar-refractivity contribution < 1.29 is 14.3 Å². The Bertz CT molecular complexity index is 885. The van der Waals surface area contributed by atoms with Crippen molar-refractivity contribution in [3.63, 3.8) is 0 Å². The molecule has 0 saturated heterocycles. The van der Waals surface area contributed by atoms with Crippen LogP contribution in [0.25, 0.3) is 0 Å². The molecule has 1 aromatic heterocycles. The third-order valence-electron chi connectivity index (χ3n) is 4.71. The molecule has 0 saturated carbocycles. The van der Waals surface area contributed by atoms with E-state index in [1.807, 2.05) is 43.8 Å². The molecule has 0 aliphatic heterocycles. The van der Waals surface area contributed by atoms with Crippen LogP contribution in [0.5, 0.6) is 0 Å². The van der Waals surface area contributed by atoms with Gasteiger partial charge in [-0.05, 0) is 30.2 Å². The van der Waals surface area contributed by atoms with E-state index >= 15 is 0 Å². The molecule has 0 fully saturated rings. The van der Waals surface area contributed by atoms with Gasteiger partial charge >= 0.3 is 6.03 Å². The number of halogens is 2. The normalized spacial score (nSPS) is 10.9. The largest absolute Gasteiger partial charge is 0.383 e. The fraction of sp³-hybridized carbons (Fsp3) is 0.455. The number of rotatable bonds is 10. The zero-order chi connectivity index (χ0) is 23.0. The Morgan fingerprint density at radius 2 is 1.90 bits per heavy atom. The summed E-state index contributed by atoms with van der Waals surface area (Å²) in [6, 6.07) is 8.51. The van der Waals surface area contributed by atoms with Crippen LogP contribution in [-0.4, -0.2) is 59.7 Å². The van der Waals surface area contributed by atoms with Gasteiger partial charge in [0.05, 0.1) is 28.9 Å². The highest BCUT2D eigenvalue weighted by molar-refractivity contribution is 6.43. The van der Waals surface area contributed by atoms with E-state index in [-0.39, 0.29) is 23.4 Å². The van der Waals surface area contributed by atoms with Gasteiger partial charge in [0.15, 0.2) is 0 Å². The number of methoxy groups -OCH3 is 1. The second-order valence-corrected chi connectivity index (χ2v) is 8.51. The van der Waals surface area contributed by atoms with Crippen molar-refractivity contribution in [2.75, 3.05) is 38.7 Å². The average Bonchev–Trinajstić information content (AvgIpc) is 3.12. The van der Waals surface area contributed by atoms with E-state index in [1.165, 1.54) is 4.90 Å². The van der Waals surface area contributed by atoms with E-state index in [2.05, 4.69) is 5.32 Å². The summed E-state index contributed by atoms with van der Waals surface area (Å²) >= 11 is 12.2. The first kappa shape index (κ1) is 25.0. The molecule has 170 valence electrons. The van der Waals surface area contributed by atoms with Gasteiger partial charge in [0.2, 0.25) is 5.91 Å². The maximum Gasteiger partial charge on any atom is 0.322 e. The van der Waals surface area contributed by atoms with Crippen LogP contribution in [-0.2, 0) is 23.1 Å². The summed E-state index contributed by atoms with van der Waals surface area (Å²) < 4.78 is 7.14. The molecule has 0 radical (unpaired) electrons. The maximum absolute atomic E-state index is 13.1. The van der Waals surface area contributed by atoms with E-state index in [4.69, 9.17) is 27.9 Å². The molecule has 0 unspecified atom stereocenters. The molecule has 2 aromatic rings. The highest BCUT2D eigenvalue weighted by Gasteiger charge is 2.23. The van der Waals surface area contributed by atoms with Gasteiger partial charge in [-0.15, -0.1) is 0 Å².